The van der Waals surface area contributed by atoms with E-state index in [9.17, 15) is 0 Å². The summed E-state index contributed by atoms with van der Waals surface area (Å²) in [4.78, 5) is 0. The zero-order valence-corrected chi connectivity index (χ0v) is 34.6. The molecule has 0 N–H and O–H groups in total. The smallest absolute Gasteiger partial charge is 0.170 e. The lowest BCUT2D eigenvalue weighted by molar-refractivity contribution is 0.359. The van der Waals surface area contributed by atoms with Gasteiger partial charge in [0.1, 0.15) is 0 Å². The van der Waals surface area contributed by atoms with Crippen molar-refractivity contribution in [3.8, 4) is 92.0 Å². The Morgan fingerprint density at radius 3 is 0.267 bits per heavy atom. The molecule has 0 spiro atoms. The van der Waals surface area contributed by atoms with E-state index in [1.165, 1.54) is 0 Å². The van der Waals surface area contributed by atoms with Crippen molar-refractivity contribution in [2.24, 2.45) is 0 Å². The van der Waals surface area contributed by atoms with E-state index in [2.05, 4.69) is 0 Å². The maximum absolute atomic E-state index is 5.65. The minimum absolute atomic E-state index is 0. The van der Waals surface area contributed by atoms with Gasteiger partial charge in [0, 0.05) is 0 Å². The average Bonchev–Trinajstić information content (AvgIpc) is 3.27. The van der Waals surface area contributed by atoms with Crippen LogP contribution in [0.5, 0.6) is 92.0 Å². The molecule has 0 fully saturated rings. The van der Waals surface area contributed by atoms with Crippen LogP contribution in [0.4, 0.5) is 0 Å². The van der Waals surface area contributed by atoms with Gasteiger partial charge in [0.15, 0.2) is 92.0 Å². The fraction of sp³-hybridized carbons (Fsp3) is 0. The molecule has 4 aliphatic rings. The molecular weight excluding hydrogens is 846 g/mol. The van der Waals surface area contributed by atoms with Gasteiger partial charge < -0.3 is 37.9 Å². The van der Waals surface area contributed by atoms with Gasteiger partial charge in [-0.25, -0.2) is 0 Å². The van der Waals surface area contributed by atoms with Crippen LogP contribution in [0.3, 0.4) is 0 Å². The first kappa shape index (κ1) is 44.4. The Balaban J connectivity index is 0.000000148. The van der Waals surface area contributed by atoms with Gasteiger partial charge in [-0.1, -0.05) is 97.1 Å². The number of para-hydroxylation sites is 16. The summed E-state index contributed by atoms with van der Waals surface area (Å²) in [6.07, 6.45) is 0. The molecule has 8 nitrogen and oxygen atoms in total. The summed E-state index contributed by atoms with van der Waals surface area (Å²) in [6.45, 7) is 0. The van der Waals surface area contributed by atoms with Crippen molar-refractivity contribution in [2.75, 3.05) is 0 Å². The van der Waals surface area contributed by atoms with Gasteiger partial charge in [-0.05, 0) is 97.1 Å². The van der Waals surface area contributed by atoms with E-state index in [0.717, 1.165) is 92.0 Å². The minimum atomic E-state index is 0. The second-order valence-corrected chi connectivity index (χ2v) is 12.4. The third-order valence-electron chi connectivity index (χ3n) is 8.55. The number of fused-ring (bicyclic) bond motifs is 8. The summed E-state index contributed by atoms with van der Waals surface area (Å²) < 4.78 is 45.2. The molecule has 4 heterocycles. The predicted octanol–water partition coefficient (Wildman–Crippen LogP) is 16.0. The van der Waals surface area contributed by atoms with Gasteiger partial charge >= 0.3 is 0 Å². The zero-order chi connectivity index (χ0) is 37.5. The quantitative estimate of drug-likeness (QED) is 0.149. The number of benzene rings is 8. The van der Waals surface area contributed by atoms with E-state index in [1.54, 1.807) is 0 Å². The standard InChI is InChI=1S/4C12H8O2.4ClH/c4*1-2-6-10-9(5-1)13-11-7-3-4-8-12(11)14-10;;;;/h4*1-8H;4*1H. The molecule has 0 amide bonds. The van der Waals surface area contributed by atoms with Crippen LogP contribution < -0.4 is 37.9 Å². The Bertz CT molecular complexity index is 1940. The molecule has 304 valence electrons. The van der Waals surface area contributed by atoms with Crippen LogP contribution in [0.25, 0.3) is 0 Å². The van der Waals surface area contributed by atoms with E-state index < -0.39 is 0 Å². The van der Waals surface area contributed by atoms with Gasteiger partial charge in [0.2, 0.25) is 0 Å². The summed E-state index contributed by atoms with van der Waals surface area (Å²) in [7, 11) is 0. The van der Waals surface area contributed by atoms with Crippen molar-refractivity contribution in [1.82, 2.24) is 0 Å². The lowest BCUT2D eigenvalue weighted by Crippen LogP contribution is -1.97. The SMILES string of the molecule is Cl.Cl.Cl.Cl.c1ccc2c(c1)Oc1ccccc1O2.c1ccc2c(c1)Oc1ccccc1O2.c1ccc2c(c1)Oc1ccccc1O2.c1ccc2c(c1)Oc1ccccc1O2. The average molecular weight is 883 g/mol. The Labute approximate surface area is 371 Å². The molecule has 0 saturated carbocycles. The molecule has 0 atom stereocenters. The van der Waals surface area contributed by atoms with Gasteiger partial charge in [0.25, 0.3) is 0 Å². The summed E-state index contributed by atoms with van der Waals surface area (Å²) in [6, 6.07) is 61.1. The first-order chi connectivity index (χ1) is 27.7. The molecule has 0 aromatic heterocycles. The van der Waals surface area contributed by atoms with Gasteiger partial charge in [-0.15, -0.1) is 49.6 Å². The molecule has 0 radical (unpaired) electrons. The number of hydrogen-bond acceptors (Lipinski definition) is 8. The second kappa shape index (κ2) is 20.8. The Hall–Kier alpha value is -6.68. The van der Waals surface area contributed by atoms with E-state index >= 15 is 0 Å². The highest BCUT2D eigenvalue weighted by molar-refractivity contribution is 5.86. The Morgan fingerprint density at radius 1 is 0.133 bits per heavy atom. The molecule has 4 aliphatic heterocycles. The molecule has 12 rings (SSSR count). The maximum atomic E-state index is 5.65. The van der Waals surface area contributed by atoms with E-state index in [1.807, 2.05) is 194 Å². The van der Waals surface area contributed by atoms with Gasteiger partial charge in [-0.3, -0.25) is 0 Å². The van der Waals surface area contributed by atoms with Gasteiger partial charge in [-0.2, -0.15) is 0 Å². The summed E-state index contributed by atoms with van der Waals surface area (Å²) in [5.41, 5.74) is 0. The van der Waals surface area contributed by atoms with E-state index in [4.69, 9.17) is 37.9 Å². The van der Waals surface area contributed by atoms with Crippen molar-refractivity contribution >= 4 is 49.6 Å². The topological polar surface area (TPSA) is 73.8 Å². The third-order valence-corrected chi connectivity index (χ3v) is 8.55. The molecule has 60 heavy (non-hydrogen) atoms. The summed E-state index contributed by atoms with van der Waals surface area (Å²) in [5.74, 6) is 12.3. The van der Waals surface area contributed by atoms with Crippen molar-refractivity contribution < 1.29 is 37.9 Å². The van der Waals surface area contributed by atoms with Crippen LogP contribution in [-0.2, 0) is 0 Å². The molecular formula is C48H36Cl4O8. The number of halogens is 4. The molecule has 0 bridgehead atoms. The van der Waals surface area contributed by atoms with E-state index in [-0.39, 0.29) is 49.6 Å². The number of rotatable bonds is 0. The normalized spacial score (nSPS) is 11.2. The maximum Gasteiger partial charge on any atom is 0.170 e. The van der Waals surface area contributed by atoms with Crippen LogP contribution in [-0.4, -0.2) is 0 Å². The van der Waals surface area contributed by atoms with Crippen molar-refractivity contribution in [3.63, 3.8) is 0 Å². The molecule has 0 aliphatic carbocycles. The third kappa shape index (κ3) is 10.1. The van der Waals surface area contributed by atoms with Crippen LogP contribution >= 0.6 is 49.6 Å². The molecule has 8 aromatic carbocycles. The van der Waals surface area contributed by atoms with Crippen LogP contribution in [0, 0.1) is 0 Å². The fourth-order valence-electron chi connectivity index (χ4n) is 5.90. The second-order valence-electron chi connectivity index (χ2n) is 12.4. The Kier molecular flexibility index (Phi) is 15.4. The molecule has 0 saturated heterocycles. The largest absolute Gasteiger partial charge is 0.450 e. The highest BCUT2D eigenvalue weighted by atomic mass is 35.5. The summed E-state index contributed by atoms with van der Waals surface area (Å²) >= 11 is 0. The predicted molar refractivity (Wildman–Crippen MR) is 241 cm³/mol. The van der Waals surface area contributed by atoms with E-state index in [0.29, 0.717) is 0 Å². The first-order valence-electron chi connectivity index (χ1n) is 17.9. The minimum Gasteiger partial charge on any atom is -0.450 e. The fourth-order valence-corrected chi connectivity index (χ4v) is 5.90. The van der Waals surface area contributed by atoms with Crippen LogP contribution in [0.15, 0.2) is 194 Å². The molecule has 0 unspecified atom stereocenters. The molecule has 12 heteroatoms. The molecule has 8 aromatic rings. The van der Waals surface area contributed by atoms with Gasteiger partial charge in [0.05, 0.1) is 0 Å². The number of ether oxygens (including phenoxy) is 8. The Morgan fingerprint density at radius 2 is 0.200 bits per heavy atom. The van der Waals surface area contributed by atoms with Crippen molar-refractivity contribution in [2.45, 2.75) is 0 Å². The van der Waals surface area contributed by atoms with Crippen molar-refractivity contribution in [3.05, 3.63) is 194 Å². The lowest BCUT2D eigenvalue weighted by Gasteiger charge is -2.19. The zero-order valence-electron chi connectivity index (χ0n) is 31.4. The highest BCUT2D eigenvalue weighted by Gasteiger charge is 2.19. The van der Waals surface area contributed by atoms with Crippen LogP contribution in [0.1, 0.15) is 0 Å². The first-order valence-corrected chi connectivity index (χ1v) is 17.9. The van der Waals surface area contributed by atoms with Crippen molar-refractivity contribution in [1.29, 1.82) is 0 Å². The monoisotopic (exact) mass is 880 g/mol. The van der Waals surface area contributed by atoms with Crippen LogP contribution in [0.2, 0.25) is 0 Å². The number of hydrogen-bond donors (Lipinski definition) is 0. The highest BCUT2D eigenvalue weighted by Crippen LogP contribution is 2.47. The lowest BCUT2D eigenvalue weighted by atomic mass is 10.2. The summed E-state index contributed by atoms with van der Waals surface area (Å²) in [5, 5.41) is 0.